The van der Waals surface area contributed by atoms with E-state index in [4.69, 9.17) is 4.74 Å². The second kappa shape index (κ2) is 61.6. The van der Waals surface area contributed by atoms with Crippen molar-refractivity contribution < 1.29 is 24.5 Å². The molecule has 6 nitrogen and oxygen atoms in total. The lowest BCUT2D eigenvalue weighted by Crippen LogP contribution is -2.45. The van der Waals surface area contributed by atoms with Crippen LogP contribution in [0.25, 0.3) is 0 Å². The van der Waals surface area contributed by atoms with Crippen LogP contribution >= 0.6 is 0 Å². The molecule has 0 aromatic heterocycles. The van der Waals surface area contributed by atoms with Crippen LogP contribution in [-0.2, 0) is 14.3 Å². The lowest BCUT2D eigenvalue weighted by atomic mass is 10.0. The van der Waals surface area contributed by atoms with Crippen molar-refractivity contribution in [3.05, 3.63) is 36.5 Å². The van der Waals surface area contributed by atoms with Gasteiger partial charge in [0.25, 0.3) is 0 Å². The Morgan fingerprint density at radius 3 is 1.08 bits per heavy atom. The summed E-state index contributed by atoms with van der Waals surface area (Å²) in [5.41, 5.74) is 0. The molecule has 1 amide bonds. The zero-order chi connectivity index (χ0) is 52.2. The summed E-state index contributed by atoms with van der Waals surface area (Å²) in [4.78, 5) is 24.5. The van der Waals surface area contributed by atoms with Gasteiger partial charge in [-0.05, 0) is 83.5 Å². The molecule has 3 N–H and O–H groups in total. The normalized spacial score (nSPS) is 12.8. The predicted molar refractivity (Wildman–Crippen MR) is 315 cm³/mol. The highest BCUT2D eigenvalue weighted by Crippen LogP contribution is 2.17. The van der Waals surface area contributed by atoms with Gasteiger partial charge >= 0.3 is 5.97 Å². The van der Waals surface area contributed by atoms with Gasteiger partial charge in [-0.1, -0.05) is 288 Å². The minimum absolute atomic E-state index is 0.00705. The fraction of sp³-hybridized carbons (Fsp3) is 0.879. The van der Waals surface area contributed by atoms with Gasteiger partial charge in [0, 0.05) is 12.8 Å². The van der Waals surface area contributed by atoms with Gasteiger partial charge in [-0.15, -0.1) is 0 Å². The summed E-state index contributed by atoms with van der Waals surface area (Å²) in [7, 11) is 0. The molecule has 2 atom stereocenters. The molecular formula is C66H125NO5. The fourth-order valence-electron chi connectivity index (χ4n) is 9.96. The summed E-state index contributed by atoms with van der Waals surface area (Å²) in [6, 6.07) is -0.542. The number of unbranched alkanes of at least 4 members (excludes halogenated alkanes) is 43. The Morgan fingerprint density at radius 1 is 0.389 bits per heavy atom. The number of nitrogens with one attached hydrogen (secondary N) is 1. The number of ether oxygens (including phenoxy) is 1. The van der Waals surface area contributed by atoms with Crippen molar-refractivity contribution in [2.75, 3.05) is 13.2 Å². The highest BCUT2D eigenvalue weighted by atomic mass is 16.5. The smallest absolute Gasteiger partial charge is 0.305 e. The molecule has 0 aliphatic carbocycles. The van der Waals surface area contributed by atoms with Crippen molar-refractivity contribution in [1.29, 1.82) is 0 Å². The second-order valence-corrected chi connectivity index (χ2v) is 22.1. The topological polar surface area (TPSA) is 95.9 Å². The molecular weight excluding hydrogens is 887 g/mol. The lowest BCUT2D eigenvalue weighted by molar-refractivity contribution is -0.143. The molecule has 0 radical (unpaired) electrons. The van der Waals surface area contributed by atoms with E-state index in [0.717, 1.165) is 51.4 Å². The number of aliphatic hydroxyl groups is 2. The van der Waals surface area contributed by atoms with Crippen LogP contribution in [0.2, 0.25) is 0 Å². The maximum absolute atomic E-state index is 12.4. The predicted octanol–water partition coefficient (Wildman–Crippen LogP) is 20.4. The number of rotatable bonds is 60. The molecule has 6 heteroatoms. The first-order chi connectivity index (χ1) is 35.5. The Bertz CT molecular complexity index is 1170. The molecule has 0 bridgehead atoms. The average Bonchev–Trinajstić information content (AvgIpc) is 3.38. The maximum atomic E-state index is 12.4. The molecule has 424 valence electrons. The molecule has 0 rings (SSSR count). The Morgan fingerprint density at radius 2 is 0.694 bits per heavy atom. The second-order valence-electron chi connectivity index (χ2n) is 22.1. The number of esters is 1. The third-order valence-electron chi connectivity index (χ3n) is 14.9. The van der Waals surface area contributed by atoms with E-state index in [1.165, 1.54) is 263 Å². The molecule has 0 fully saturated rings. The number of hydrogen-bond acceptors (Lipinski definition) is 5. The molecule has 0 heterocycles. The van der Waals surface area contributed by atoms with Crippen molar-refractivity contribution in [3.8, 4) is 0 Å². The number of carbonyl (C=O) groups excluding carboxylic acids is 2. The maximum Gasteiger partial charge on any atom is 0.305 e. The number of amides is 1. The van der Waals surface area contributed by atoms with Gasteiger partial charge < -0.3 is 20.3 Å². The van der Waals surface area contributed by atoms with Gasteiger partial charge in [0.2, 0.25) is 5.91 Å². The molecule has 0 spiro atoms. The Hall–Kier alpha value is -1.92. The standard InChI is InChI=1S/C66H125NO5/c1-3-5-7-9-11-13-15-16-17-18-30-33-36-40-44-48-52-56-60-66(71)72-61-57-53-49-45-41-37-34-31-28-26-24-22-20-19-21-23-25-27-29-32-35-39-43-47-51-55-59-65(70)67-63(62-68)64(69)58-54-50-46-42-38-14-12-10-8-6-4-2/h13,15,17-19,21,63-64,68-69H,3-12,14,16,20,22-62H2,1-2H3,(H,67,70)/b15-13-,18-17-,21-19-. The minimum Gasteiger partial charge on any atom is -0.466 e. The number of carbonyl (C=O) groups is 2. The Kier molecular flexibility index (Phi) is 60.0. The van der Waals surface area contributed by atoms with E-state index in [0.29, 0.717) is 25.9 Å². The van der Waals surface area contributed by atoms with Crippen molar-refractivity contribution in [3.63, 3.8) is 0 Å². The van der Waals surface area contributed by atoms with Crippen LogP contribution in [-0.4, -0.2) is 47.4 Å². The zero-order valence-corrected chi connectivity index (χ0v) is 48.4. The summed E-state index contributed by atoms with van der Waals surface area (Å²) < 4.78 is 5.49. The van der Waals surface area contributed by atoms with Gasteiger partial charge in [-0.2, -0.15) is 0 Å². The van der Waals surface area contributed by atoms with E-state index in [2.05, 4.69) is 55.6 Å². The monoisotopic (exact) mass is 1010 g/mol. The van der Waals surface area contributed by atoms with E-state index in [9.17, 15) is 19.8 Å². The molecule has 72 heavy (non-hydrogen) atoms. The van der Waals surface area contributed by atoms with E-state index >= 15 is 0 Å². The first-order valence-corrected chi connectivity index (χ1v) is 32.2. The highest BCUT2D eigenvalue weighted by molar-refractivity contribution is 5.76. The third-order valence-corrected chi connectivity index (χ3v) is 14.9. The Labute approximate surface area is 449 Å². The number of aliphatic hydroxyl groups excluding tert-OH is 2. The SMILES string of the molecule is CCCCCC/C=C\C/C=C\CCCCCCCCCC(=O)OCCCCCCCCCCCCCC/C=C\CCCCCCCCCCCCC(=O)NC(CO)C(O)CCCCCCCCCCCCC. The molecule has 0 aromatic carbocycles. The molecule has 0 saturated carbocycles. The third kappa shape index (κ3) is 57.4. The number of allylic oxidation sites excluding steroid dienone is 6. The largest absolute Gasteiger partial charge is 0.466 e. The van der Waals surface area contributed by atoms with Gasteiger partial charge in [-0.25, -0.2) is 0 Å². The lowest BCUT2D eigenvalue weighted by Gasteiger charge is -2.22. The zero-order valence-electron chi connectivity index (χ0n) is 48.4. The molecule has 0 saturated heterocycles. The first kappa shape index (κ1) is 70.1. The van der Waals surface area contributed by atoms with E-state index in [1.54, 1.807) is 0 Å². The Balaban J connectivity index is 3.37. The van der Waals surface area contributed by atoms with E-state index in [1.807, 2.05) is 0 Å². The van der Waals surface area contributed by atoms with Gasteiger partial charge in [0.05, 0.1) is 25.4 Å². The first-order valence-electron chi connectivity index (χ1n) is 32.2. The molecule has 0 aliphatic rings. The summed E-state index contributed by atoms with van der Waals surface area (Å²) in [6.07, 6.45) is 77.4. The summed E-state index contributed by atoms with van der Waals surface area (Å²) in [5.74, 6) is -0.0301. The quantitative estimate of drug-likeness (QED) is 0.0320. The van der Waals surface area contributed by atoms with Crippen LogP contribution in [0.5, 0.6) is 0 Å². The van der Waals surface area contributed by atoms with Crippen molar-refractivity contribution >= 4 is 11.9 Å². The summed E-state index contributed by atoms with van der Waals surface area (Å²) >= 11 is 0. The van der Waals surface area contributed by atoms with Crippen LogP contribution in [0.3, 0.4) is 0 Å². The van der Waals surface area contributed by atoms with E-state index < -0.39 is 12.1 Å². The van der Waals surface area contributed by atoms with Crippen molar-refractivity contribution in [2.24, 2.45) is 0 Å². The average molecular weight is 1010 g/mol. The van der Waals surface area contributed by atoms with Gasteiger partial charge in [0.15, 0.2) is 0 Å². The molecule has 0 aromatic rings. The number of hydrogen-bond donors (Lipinski definition) is 3. The summed E-state index contributed by atoms with van der Waals surface area (Å²) in [6.45, 7) is 4.94. The van der Waals surface area contributed by atoms with E-state index in [-0.39, 0.29) is 18.5 Å². The van der Waals surface area contributed by atoms with Gasteiger partial charge in [0.1, 0.15) is 0 Å². The van der Waals surface area contributed by atoms with Crippen LogP contribution in [0.4, 0.5) is 0 Å². The molecule has 2 unspecified atom stereocenters. The minimum atomic E-state index is -0.664. The van der Waals surface area contributed by atoms with Crippen molar-refractivity contribution in [1.82, 2.24) is 5.32 Å². The van der Waals surface area contributed by atoms with Gasteiger partial charge in [-0.3, -0.25) is 9.59 Å². The molecule has 0 aliphatic heterocycles. The van der Waals surface area contributed by atoms with Crippen LogP contribution in [0.1, 0.15) is 348 Å². The van der Waals surface area contributed by atoms with Crippen LogP contribution < -0.4 is 5.32 Å². The van der Waals surface area contributed by atoms with Crippen LogP contribution in [0.15, 0.2) is 36.5 Å². The van der Waals surface area contributed by atoms with Crippen LogP contribution in [0, 0.1) is 0 Å². The fourth-order valence-corrected chi connectivity index (χ4v) is 9.96. The van der Waals surface area contributed by atoms with Crippen molar-refractivity contribution in [2.45, 2.75) is 360 Å². The summed E-state index contributed by atoms with van der Waals surface area (Å²) in [5, 5.41) is 23.2. The highest BCUT2D eigenvalue weighted by Gasteiger charge is 2.20.